The molecule has 2 nitrogen and oxygen atoms in total. The van der Waals surface area contributed by atoms with Crippen molar-refractivity contribution in [3.63, 3.8) is 0 Å². The quantitative estimate of drug-likeness (QED) is 0.625. The Kier molecular flexibility index (Phi) is 4.79. The molecular formula is C9H17NO. The van der Waals surface area contributed by atoms with Crippen molar-refractivity contribution in [1.29, 1.82) is 0 Å². The van der Waals surface area contributed by atoms with Gasteiger partial charge in [-0.25, -0.2) is 0 Å². The summed E-state index contributed by atoms with van der Waals surface area (Å²) in [6, 6.07) is -0.314. The summed E-state index contributed by atoms with van der Waals surface area (Å²) in [6.07, 6.45) is 4.03. The average Bonchev–Trinajstić information content (AvgIpc) is 1.86. The summed E-state index contributed by atoms with van der Waals surface area (Å²) in [5.74, 6) is 0.514. The molecule has 0 aromatic heterocycles. The Morgan fingerprint density at radius 2 is 2.09 bits per heavy atom. The molecule has 2 heteroatoms. The Labute approximate surface area is 68.5 Å². The molecule has 0 unspecified atom stereocenters. The van der Waals surface area contributed by atoms with Crippen molar-refractivity contribution >= 4 is 5.78 Å². The molecule has 0 heterocycles. The van der Waals surface area contributed by atoms with Gasteiger partial charge in [0.25, 0.3) is 0 Å². The summed E-state index contributed by atoms with van der Waals surface area (Å²) in [5, 5.41) is 0. The smallest absolute Gasteiger partial charge is 0.172 e. The van der Waals surface area contributed by atoms with Crippen molar-refractivity contribution in [3.05, 3.63) is 12.2 Å². The van der Waals surface area contributed by atoms with Gasteiger partial charge in [-0.05, 0) is 25.3 Å². The second-order valence-corrected chi connectivity index (χ2v) is 3.14. The number of hydrogen-bond donors (Lipinski definition) is 1. The van der Waals surface area contributed by atoms with Crippen LogP contribution in [0, 0.1) is 5.92 Å². The minimum Gasteiger partial charge on any atom is -0.321 e. The number of allylic oxidation sites excluding steroid dienone is 1. The molecule has 1 atom stereocenters. The Balaban J connectivity index is 3.83. The molecule has 11 heavy (non-hydrogen) atoms. The van der Waals surface area contributed by atoms with E-state index in [9.17, 15) is 4.79 Å². The minimum absolute atomic E-state index is 0.0289. The van der Waals surface area contributed by atoms with Gasteiger partial charge in [-0.1, -0.05) is 19.9 Å². The van der Waals surface area contributed by atoms with Crippen molar-refractivity contribution in [3.8, 4) is 0 Å². The maximum absolute atomic E-state index is 11.1. The van der Waals surface area contributed by atoms with E-state index < -0.39 is 0 Å². The summed E-state index contributed by atoms with van der Waals surface area (Å²) in [6.45, 7) is 5.94. The third-order valence-corrected chi connectivity index (χ3v) is 1.42. The van der Waals surface area contributed by atoms with Gasteiger partial charge < -0.3 is 5.73 Å². The van der Waals surface area contributed by atoms with Crippen LogP contribution in [0.4, 0.5) is 0 Å². The highest BCUT2D eigenvalue weighted by Gasteiger charge is 2.10. The van der Waals surface area contributed by atoms with Crippen molar-refractivity contribution < 1.29 is 4.79 Å². The number of rotatable bonds is 4. The average molecular weight is 155 g/mol. The molecule has 0 aliphatic heterocycles. The van der Waals surface area contributed by atoms with Gasteiger partial charge in [0, 0.05) is 0 Å². The van der Waals surface area contributed by atoms with E-state index in [1.165, 1.54) is 6.08 Å². The first kappa shape index (κ1) is 10.4. The van der Waals surface area contributed by atoms with Crippen LogP contribution < -0.4 is 5.73 Å². The molecule has 0 aromatic carbocycles. The zero-order chi connectivity index (χ0) is 8.85. The van der Waals surface area contributed by atoms with Gasteiger partial charge in [0.2, 0.25) is 0 Å². The van der Waals surface area contributed by atoms with E-state index in [0.717, 1.165) is 6.42 Å². The molecule has 2 N–H and O–H groups in total. The van der Waals surface area contributed by atoms with E-state index in [4.69, 9.17) is 5.73 Å². The summed E-state index contributed by atoms with van der Waals surface area (Å²) >= 11 is 0. The fourth-order valence-corrected chi connectivity index (χ4v) is 0.912. The van der Waals surface area contributed by atoms with E-state index in [0.29, 0.717) is 5.92 Å². The molecule has 0 bridgehead atoms. The molecule has 0 rings (SSSR count). The van der Waals surface area contributed by atoms with Gasteiger partial charge >= 0.3 is 0 Å². The summed E-state index contributed by atoms with van der Waals surface area (Å²) < 4.78 is 0. The summed E-state index contributed by atoms with van der Waals surface area (Å²) in [7, 11) is 0. The van der Waals surface area contributed by atoms with Crippen molar-refractivity contribution in [1.82, 2.24) is 0 Å². The van der Waals surface area contributed by atoms with Crippen LogP contribution in [0.25, 0.3) is 0 Å². The Hall–Kier alpha value is -0.630. The third kappa shape index (κ3) is 4.73. The van der Waals surface area contributed by atoms with Gasteiger partial charge in [0.1, 0.15) is 0 Å². The normalized spacial score (nSPS) is 14.3. The number of ketones is 1. The predicted octanol–water partition coefficient (Wildman–Crippen LogP) is 1.50. The van der Waals surface area contributed by atoms with E-state index in [1.807, 2.05) is 6.92 Å². The molecule has 64 valence electrons. The summed E-state index contributed by atoms with van der Waals surface area (Å²) in [4.78, 5) is 11.1. The lowest BCUT2D eigenvalue weighted by atomic mass is 10.0. The standard InChI is InChI=1S/C9H17NO/c1-4-5-9(11)8(10)6-7(2)3/h4-5,7-8H,6,10H2,1-3H3/b5-4+/t8-/m0/s1. The van der Waals surface area contributed by atoms with Gasteiger partial charge in [0.05, 0.1) is 6.04 Å². The lowest BCUT2D eigenvalue weighted by Gasteiger charge is -2.09. The van der Waals surface area contributed by atoms with Crippen LogP contribution >= 0.6 is 0 Å². The molecule has 0 aromatic rings. The van der Waals surface area contributed by atoms with Gasteiger partial charge in [-0.15, -0.1) is 0 Å². The van der Waals surface area contributed by atoms with Crippen molar-refractivity contribution in [2.24, 2.45) is 11.7 Å². The van der Waals surface area contributed by atoms with E-state index in [1.54, 1.807) is 6.08 Å². The molecule has 0 saturated heterocycles. The van der Waals surface area contributed by atoms with E-state index >= 15 is 0 Å². The van der Waals surface area contributed by atoms with Gasteiger partial charge in [-0.2, -0.15) is 0 Å². The molecule has 0 aliphatic carbocycles. The van der Waals surface area contributed by atoms with Crippen LogP contribution in [0.2, 0.25) is 0 Å². The van der Waals surface area contributed by atoms with Gasteiger partial charge in [-0.3, -0.25) is 4.79 Å². The first-order valence-corrected chi connectivity index (χ1v) is 4.00. The first-order chi connectivity index (χ1) is 5.07. The van der Waals surface area contributed by atoms with Crippen molar-refractivity contribution in [2.75, 3.05) is 0 Å². The molecule has 0 aliphatic rings. The lowest BCUT2D eigenvalue weighted by molar-refractivity contribution is -0.116. The van der Waals surface area contributed by atoms with Gasteiger partial charge in [0.15, 0.2) is 5.78 Å². The second kappa shape index (κ2) is 5.08. The molecule has 0 fully saturated rings. The predicted molar refractivity (Wildman–Crippen MR) is 47.3 cm³/mol. The van der Waals surface area contributed by atoms with Crippen LogP contribution in [-0.2, 0) is 4.79 Å². The summed E-state index contributed by atoms with van der Waals surface area (Å²) in [5.41, 5.74) is 5.60. The topological polar surface area (TPSA) is 43.1 Å². The Morgan fingerprint density at radius 1 is 1.55 bits per heavy atom. The maximum Gasteiger partial charge on any atom is 0.172 e. The Bertz CT molecular complexity index is 150. The molecule has 0 amide bonds. The van der Waals surface area contributed by atoms with Crippen LogP contribution in [-0.4, -0.2) is 11.8 Å². The monoisotopic (exact) mass is 155 g/mol. The lowest BCUT2D eigenvalue weighted by Crippen LogP contribution is -2.30. The number of carbonyl (C=O) groups excluding carboxylic acids is 1. The number of hydrogen-bond acceptors (Lipinski definition) is 2. The molecular weight excluding hydrogens is 138 g/mol. The highest BCUT2D eigenvalue weighted by molar-refractivity contribution is 5.93. The van der Waals surface area contributed by atoms with Crippen molar-refractivity contribution in [2.45, 2.75) is 33.2 Å². The van der Waals surface area contributed by atoms with Crippen LogP contribution in [0.3, 0.4) is 0 Å². The first-order valence-electron chi connectivity index (χ1n) is 4.00. The largest absolute Gasteiger partial charge is 0.321 e. The van der Waals surface area contributed by atoms with Crippen LogP contribution in [0.15, 0.2) is 12.2 Å². The van der Waals surface area contributed by atoms with E-state index in [-0.39, 0.29) is 11.8 Å². The number of carbonyl (C=O) groups is 1. The zero-order valence-corrected chi connectivity index (χ0v) is 7.50. The van der Waals surface area contributed by atoms with Crippen LogP contribution in [0.5, 0.6) is 0 Å². The van der Waals surface area contributed by atoms with Crippen LogP contribution in [0.1, 0.15) is 27.2 Å². The number of nitrogens with two attached hydrogens (primary N) is 1. The molecule has 0 spiro atoms. The third-order valence-electron chi connectivity index (χ3n) is 1.42. The minimum atomic E-state index is -0.314. The SMILES string of the molecule is C/C=C/C(=O)[C@@H](N)CC(C)C. The maximum atomic E-state index is 11.1. The molecule has 0 radical (unpaired) electrons. The highest BCUT2D eigenvalue weighted by Crippen LogP contribution is 2.03. The molecule has 0 saturated carbocycles. The highest BCUT2D eigenvalue weighted by atomic mass is 16.1. The van der Waals surface area contributed by atoms with E-state index in [2.05, 4.69) is 13.8 Å². The second-order valence-electron chi connectivity index (χ2n) is 3.14. The zero-order valence-electron chi connectivity index (χ0n) is 7.50. The Morgan fingerprint density at radius 3 is 2.45 bits per heavy atom. The fraction of sp³-hybridized carbons (Fsp3) is 0.667. The fourth-order valence-electron chi connectivity index (χ4n) is 0.912.